The zero-order valence-electron chi connectivity index (χ0n) is 13.7. The Hall–Kier alpha value is -2.44. The number of hydrogen-bond donors (Lipinski definition) is 1. The molecule has 3 aromatic rings. The Morgan fingerprint density at radius 1 is 1.12 bits per heavy atom. The van der Waals surface area contributed by atoms with Gasteiger partial charge in [0.25, 0.3) is 5.91 Å². The Balaban J connectivity index is 1.75. The van der Waals surface area contributed by atoms with Gasteiger partial charge in [0.2, 0.25) is 0 Å². The highest BCUT2D eigenvalue weighted by Crippen LogP contribution is 2.38. The minimum atomic E-state index is -0.329. The summed E-state index contributed by atoms with van der Waals surface area (Å²) in [7, 11) is 0. The lowest BCUT2D eigenvalue weighted by Gasteiger charge is -2.22. The lowest BCUT2D eigenvalue weighted by molar-refractivity contribution is 0.0714. The number of amides is 1. The maximum absolute atomic E-state index is 13.0. The van der Waals surface area contributed by atoms with Crippen molar-refractivity contribution in [3.05, 3.63) is 86.5 Å². The Kier molecular flexibility index (Phi) is 4.61. The minimum absolute atomic E-state index is 0.152. The van der Waals surface area contributed by atoms with Crippen molar-refractivity contribution in [2.45, 2.75) is 12.5 Å². The molecule has 1 N–H and O–H groups in total. The van der Waals surface area contributed by atoms with Gasteiger partial charge in [0.15, 0.2) is 0 Å². The second-order valence-electron chi connectivity index (χ2n) is 5.96. The molecule has 4 nitrogen and oxygen atoms in total. The highest BCUT2D eigenvalue weighted by atomic mass is 79.9. The first-order valence-electron chi connectivity index (χ1n) is 8.12. The van der Waals surface area contributed by atoms with Gasteiger partial charge < -0.3 is 5.11 Å². The lowest BCUT2D eigenvalue weighted by atomic mass is 9.97. The molecule has 0 bridgehead atoms. The summed E-state index contributed by atoms with van der Waals surface area (Å²) >= 11 is 4.83. The number of para-hydroxylation sites is 1. The standard InChI is InChI=1S/C20H15BrN2O2S/c21-14-9-7-13(8-10-14)16-12-17(15-4-1-2-5-18(15)24)23(22-16)20(25)19-6-3-11-26-19/h1-11,17,24H,12H2/t17-/m0/s1. The third-order valence-electron chi connectivity index (χ3n) is 4.32. The Morgan fingerprint density at radius 2 is 1.88 bits per heavy atom. The van der Waals surface area contributed by atoms with E-state index in [1.165, 1.54) is 16.3 Å². The molecule has 0 fully saturated rings. The molecular formula is C20H15BrN2O2S. The van der Waals surface area contributed by atoms with Crippen LogP contribution in [0, 0.1) is 0 Å². The van der Waals surface area contributed by atoms with Gasteiger partial charge in [-0.2, -0.15) is 5.10 Å². The number of benzene rings is 2. The number of carbonyl (C=O) groups is 1. The van der Waals surface area contributed by atoms with Crippen LogP contribution in [-0.4, -0.2) is 21.7 Å². The number of carbonyl (C=O) groups excluding carboxylic acids is 1. The summed E-state index contributed by atoms with van der Waals surface area (Å²) in [6.07, 6.45) is 0.552. The van der Waals surface area contributed by atoms with E-state index in [9.17, 15) is 9.90 Å². The molecule has 1 aliphatic rings. The molecule has 130 valence electrons. The highest BCUT2D eigenvalue weighted by molar-refractivity contribution is 9.10. The van der Waals surface area contributed by atoms with Gasteiger partial charge in [-0.1, -0.05) is 52.3 Å². The number of hydrazone groups is 1. The molecule has 1 aromatic heterocycles. The van der Waals surface area contributed by atoms with Crippen LogP contribution in [-0.2, 0) is 0 Å². The van der Waals surface area contributed by atoms with Gasteiger partial charge in [0.1, 0.15) is 5.75 Å². The SMILES string of the molecule is O=C(c1cccs1)N1N=C(c2ccc(Br)cc2)C[C@H]1c1ccccc1O. The van der Waals surface area contributed by atoms with Crippen molar-refractivity contribution in [1.82, 2.24) is 5.01 Å². The number of thiophene rings is 1. The van der Waals surface area contributed by atoms with E-state index in [-0.39, 0.29) is 17.7 Å². The molecular weight excluding hydrogens is 412 g/mol. The third kappa shape index (κ3) is 3.18. The maximum Gasteiger partial charge on any atom is 0.284 e. The van der Waals surface area contributed by atoms with Gasteiger partial charge in [-0.05, 0) is 35.2 Å². The largest absolute Gasteiger partial charge is 0.508 e. The van der Waals surface area contributed by atoms with Crippen molar-refractivity contribution in [3.8, 4) is 5.75 Å². The van der Waals surface area contributed by atoms with Crippen LogP contribution in [0.25, 0.3) is 0 Å². The molecule has 0 unspecified atom stereocenters. The van der Waals surface area contributed by atoms with Crippen LogP contribution in [0.15, 0.2) is 75.6 Å². The number of aromatic hydroxyl groups is 1. The van der Waals surface area contributed by atoms with Crippen molar-refractivity contribution < 1.29 is 9.90 Å². The van der Waals surface area contributed by atoms with E-state index in [1.807, 2.05) is 47.8 Å². The average molecular weight is 427 g/mol. The minimum Gasteiger partial charge on any atom is -0.508 e. The fourth-order valence-corrected chi connectivity index (χ4v) is 3.96. The number of phenols is 1. The first-order chi connectivity index (χ1) is 12.6. The van der Waals surface area contributed by atoms with Gasteiger partial charge in [-0.3, -0.25) is 4.79 Å². The van der Waals surface area contributed by atoms with Gasteiger partial charge in [-0.15, -0.1) is 11.3 Å². The van der Waals surface area contributed by atoms with Crippen LogP contribution in [0.5, 0.6) is 5.75 Å². The Morgan fingerprint density at radius 3 is 2.58 bits per heavy atom. The molecule has 6 heteroatoms. The van der Waals surface area contributed by atoms with E-state index in [0.717, 1.165) is 15.7 Å². The third-order valence-corrected chi connectivity index (χ3v) is 5.71. The van der Waals surface area contributed by atoms with Crippen LogP contribution in [0.3, 0.4) is 0 Å². The van der Waals surface area contributed by atoms with E-state index < -0.39 is 0 Å². The summed E-state index contributed by atoms with van der Waals surface area (Å²) in [4.78, 5) is 13.6. The Bertz CT molecular complexity index is 968. The Labute approximate surface area is 163 Å². The molecule has 0 aliphatic carbocycles. The van der Waals surface area contributed by atoms with Gasteiger partial charge in [-0.25, -0.2) is 5.01 Å². The predicted molar refractivity (Wildman–Crippen MR) is 107 cm³/mol. The van der Waals surface area contributed by atoms with E-state index >= 15 is 0 Å². The molecule has 2 heterocycles. The molecule has 2 aromatic carbocycles. The topological polar surface area (TPSA) is 52.9 Å². The van der Waals surface area contributed by atoms with Crippen molar-refractivity contribution in [3.63, 3.8) is 0 Å². The van der Waals surface area contributed by atoms with Crippen molar-refractivity contribution in [2.75, 3.05) is 0 Å². The van der Waals surface area contributed by atoms with Crippen molar-refractivity contribution in [1.29, 1.82) is 0 Å². The second-order valence-corrected chi connectivity index (χ2v) is 7.82. The van der Waals surface area contributed by atoms with Crippen LogP contribution in [0.1, 0.15) is 33.3 Å². The maximum atomic E-state index is 13.0. The van der Waals surface area contributed by atoms with Gasteiger partial charge >= 0.3 is 0 Å². The first-order valence-corrected chi connectivity index (χ1v) is 9.79. The fraction of sp³-hybridized carbons (Fsp3) is 0.100. The summed E-state index contributed by atoms with van der Waals surface area (Å²) in [5.74, 6) is 0.0223. The first kappa shape index (κ1) is 17.0. The summed E-state index contributed by atoms with van der Waals surface area (Å²) in [5.41, 5.74) is 2.50. The van der Waals surface area contributed by atoms with E-state index in [2.05, 4.69) is 21.0 Å². The van der Waals surface area contributed by atoms with Crippen molar-refractivity contribution in [2.24, 2.45) is 5.10 Å². The molecule has 0 saturated carbocycles. The lowest BCUT2D eigenvalue weighted by Crippen LogP contribution is -2.26. The van der Waals surface area contributed by atoms with Crippen LogP contribution in [0.2, 0.25) is 0 Å². The van der Waals surface area contributed by atoms with E-state index in [4.69, 9.17) is 0 Å². The quantitative estimate of drug-likeness (QED) is 0.624. The summed E-state index contributed by atoms with van der Waals surface area (Å²) in [6.45, 7) is 0. The van der Waals surface area contributed by atoms with Crippen molar-refractivity contribution >= 4 is 38.9 Å². The van der Waals surface area contributed by atoms with Gasteiger partial charge in [0.05, 0.1) is 16.6 Å². The number of nitrogens with zero attached hydrogens (tertiary/aromatic N) is 2. The molecule has 1 atom stereocenters. The number of hydrogen-bond acceptors (Lipinski definition) is 4. The average Bonchev–Trinajstić information content (AvgIpc) is 3.32. The van der Waals surface area contributed by atoms with E-state index in [0.29, 0.717) is 16.9 Å². The smallest absolute Gasteiger partial charge is 0.284 e. The van der Waals surface area contributed by atoms with E-state index in [1.54, 1.807) is 18.2 Å². The molecule has 1 amide bonds. The predicted octanol–water partition coefficient (Wildman–Crippen LogP) is 5.21. The zero-order chi connectivity index (χ0) is 18.1. The number of halogens is 1. The monoisotopic (exact) mass is 426 g/mol. The zero-order valence-corrected chi connectivity index (χ0v) is 16.1. The highest BCUT2D eigenvalue weighted by Gasteiger charge is 2.35. The number of rotatable bonds is 3. The fourth-order valence-electron chi connectivity index (χ4n) is 3.04. The summed E-state index contributed by atoms with van der Waals surface area (Å²) in [5, 5.41) is 18.3. The molecule has 4 rings (SSSR count). The molecule has 0 saturated heterocycles. The molecule has 1 aliphatic heterocycles. The normalized spacial score (nSPS) is 16.6. The molecule has 0 radical (unpaired) electrons. The van der Waals surface area contributed by atoms with Crippen LogP contribution >= 0.6 is 27.3 Å². The van der Waals surface area contributed by atoms with Crippen LogP contribution in [0.4, 0.5) is 0 Å². The van der Waals surface area contributed by atoms with Crippen LogP contribution < -0.4 is 0 Å². The second kappa shape index (κ2) is 7.05. The summed E-state index contributed by atoms with van der Waals surface area (Å²) < 4.78 is 0.989. The molecule has 26 heavy (non-hydrogen) atoms. The molecule has 0 spiro atoms. The van der Waals surface area contributed by atoms with Gasteiger partial charge in [0, 0.05) is 16.5 Å². The summed E-state index contributed by atoms with van der Waals surface area (Å²) in [6, 6.07) is 18.3. The number of phenolic OH excluding ortho intramolecular Hbond substituents is 1.